The number of carbonyl (C=O) groups excluding carboxylic acids is 1. The summed E-state index contributed by atoms with van der Waals surface area (Å²) in [6.07, 6.45) is -4.34. The molecule has 7 nitrogen and oxygen atoms in total. The second-order valence-electron chi connectivity index (χ2n) is 6.81. The van der Waals surface area contributed by atoms with Crippen LogP contribution in [0.5, 0.6) is 0 Å². The Kier molecular flexibility index (Phi) is 5.58. The van der Waals surface area contributed by atoms with Crippen molar-refractivity contribution in [1.29, 1.82) is 0 Å². The third-order valence-electron chi connectivity index (χ3n) is 4.84. The molecule has 0 saturated carbocycles. The van der Waals surface area contributed by atoms with Gasteiger partial charge in [-0.3, -0.25) is 9.48 Å². The zero-order chi connectivity index (χ0) is 21.5. The van der Waals surface area contributed by atoms with E-state index in [1.54, 1.807) is 25.0 Å². The van der Waals surface area contributed by atoms with Crippen LogP contribution in [0.1, 0.15) is 41.1 Å². The molecule has 0 aliphatic rings. The van der Waals surface area contributed by atoms with E-state index in [0.29, 0.717) is 6.07 Å². The summed E-state index contributed by atoms with van der Waals surface area (Å²) < 4.78 is 55.9. The lowest BCUT2D eigenvalue weighted by molar-refractivity contribution is -0.131. The molecule has 0 N–H and O–H groups in total. The van der Waals surface area contributed by atoms with E-state index in [1.165, 1.54) is 11.8 Å². The Morgan fingerprint density at radius 1 is 1.21 bits per heavy atom. The number of aromatic nitrogens is 5. The first-order chi connectivity index (χ1) is 13.6. The second kappa shape index (κ2) is 7.80. The number of pyridine rings is 1. The third-order valence-corrected chi connectivity index (χ3v) is 4.84. The summed E-state index contributed by atoms with van der Waals surface area (Å²) in [5.41, 5.74) is 0.441. The molecular weight excluding hydrogens is 392 g/mol. The Labute approximate surface area is 163 Å². The smallest absolute Gasteiger partial charge is 0.280 e. The van der Waals surface area contributed by atoms with Crippen LogP contribution in [0.25, 0.3) is 11.0 Å². The van der Waals surface area contributed by atoms with Crippen LogP contribution < -0.4 is 0 Å². The molecular formula is C18H20F4N6O. The number of rotatable bonds is 6. The maximum absolute atomic E-state index is 13.4. The Morgan fingerprint density at radius 3 is 2.45 bits per heavy atom. The molecule has 1 amide bonds. The van der Waals surface area contributed by atoms with Gasteiger partial charge in [-0.2, -0.15) is 10.2 Å². The van der Waals surface area contributed by atoms with Crippen molar-refractivity contribution < 1.29 is 22.4 Å². The first-order valence-corrected chi connectivity index (χ1v) is 8.75. The highest BCUT2D eigenvalue weighted by Gasteiger charge is 2.24. The first kappa shape index (κ1) is 20.7. The van der Waals surface area contributed by atoms with Gasteiger partial charge < -0.3 is 4.90 Å². The number of hydrogen-bond acceptors (Lipinski definition) is 4. The number of likely N-dealkylation sites (N-methyl/N-ethyl adjacent to an activating group) is 1. The number of carbonyl (C=O) groups is 1. The molecule has 156 valence electrons. The van der Waals surface area contributed by atoms with Gasteiger partial charge in [-0.1, -0.05) is 0 Å². The van der Waals surface area contributed by atoms with E-state index < -0.39 is 24.1 Å². The van der Waals surface area contributed by atoms with Gasteiger partial charge in [0.25, 0.3) is 12.9 Å². The molecule has 0 aromatic carbocycles. The molecule has 29 heavy (non-hydrogen) atoms. The van der Waals surface area contributed by atoms with Crippen molar-refractivity contribution in [2.24, 2.45) is 7.05 Å². The number of fused-ring (bicyclic) bond motifs is 1. The van der Waals surface area contributed by atoms with Gasteiger partial charge in [0.15, 0.2) is 5.65 Å². The molecule has 3 aromatic rings. The summed E-state index contributed by atoms with van der Waals surface area (Å²) in [6, 6.07) is 0.690. The molecule has 0 spiro atoms. The van der Waals surface area contributed by atoms with E-state index in [9.17, 15) is 22.4 Å². The average molecular weight is 412 g/mol. The predicted molar refractivity (Wildman–Crippen MR) is 96.6 cm³/mol. The van der Waals surface area contributed by atoms with Crippen molar-refractivity contribution in [3.8, 4) is 0 Å². The summed E-state index contributed by atoms with van der Waals surface area (Å²) in [4.78, 5) is 17.9. The van der Waals surface area contributed by atoms with Gasteiger partial charge in [-0.15, -0.1) is 0 Å². The van der Waals surface area contributed by atoms with Crippen molar-refractivity contribution in [3.05, 3.63) is 40.5 Å². The summed E-state index contributed by atoms with van der Waals surface area (Å²) in [5.74, 6) is -0.375. The van der Waals surface area contributed by atoms with Gasteiger partial charge in [0.1, 0.15) is 12.2 Å². The minimum atomic E-state index is -3.02. The van der Waals surface area contributed by atoms with Crippen LogP contribution in [0.15, 0.2) is 12.3 Å². The standard InChI is InChI=1S/C18H20F4N6O/c1-9-15-12(16(19)20)5-13(17(21)22)24-18(15)28(25-9)8-14(29)26(3)7-11-6-23-27(4)10(11)2/h5-6,16-17H,7-8H2,1-4H3. The van der Waals surface area contributed by atoms with E-state index in [2.05, 4.69) is 15.2 Å². The predicted octanol–water partition coefficient (Wildman–Crippen LogP) is 3.32. The van der Waals surface area contributed by atoms with Crippen LogP contribution in [-0.2, 0) is 24.9 Å². The van der Waals surface area contributed by atoms with Crippen molar-refractivity contribution >= 4 is 16.9 Å². The van der Waals surface area contributed by atoms with Gasteiger partial charge in [-0.05, 0) is 19.9 Å². The number of aryl methyl sites for hydroxylation is 2. The Hall–Kier alpha value is -2.98. The number of halogens is 4. The molecule has 3 aromatic heterocycles. The van der Waals surface area contributed by atoms with Crippen LogP contribution in [0, 0.1) is 13.8 Å². The average Bonchev–Trinajstić information content (AvgIpc) is 3.14. The van der Waals surface area contributed by atoms with Crippen LogP contribution in [0.2, 0.25) is 0 Å². The molecule has 11 heteroatoms. The number of nitrogens with zero attached hydrogens (tertiary/aromatic N) is 6. The highest BCUT2D eigenvalue weighted by Crippen LogP contribution is 2.32. The van der Waals surface area contributed by atoms with Crippen LogP contribution in [-0.4, -0.2) is 42.4 Å². The third kappa shape index (κ3) is 3.94. The van der Waals surface area contributed by atoms with E-state index in [4.69, 9.17) is 0 Å². The van der Waals surface area contributed by atoms with Gasteiger partial charge in [-0.25, -0.2) is 27.2 Å². The van der Waals surface area contributed by atoms with Gasteiger partial charge in [0.2, 0.25) is 5.91 Å². The lowest BCUT2D eigenvalue weighted by Crippen LogP contribution is -2.30. The largest absolute Gasteiger partial charge is 0.340 e. The second-order valence-corrected chi connectivity index (χ2v) is 6.81. The van der Waals surface area contributed by atoms with Gasteiger partial charge in [0.05, 0.1) is 17.3 Å². The molecule has 3 heterocycles. The Balaban J connectivity index is 1.93. The molecule has 0 radical (unpaired) electrons. The zero-order valence-corrected chi connectivity index (χ0v) is 16.3. The molecule has 0 saturated heterocycles. The number of alkyl halides is 4. The fourth-order valence-electron chi connectivity index (χ4n) is 3.09. The number of amides is 1. The summed E-state index contributed by atoms with van der Waals surface area (Å²) in [6.45, 7) is 3.31. The molecule has 0 aliphatic carbocycles. The SMILES string of the molecule is Cc1nn(CC(=O)N(C)Cc2cnn(C)c2C)c2nc(C(F)F)cc(C(F)F)c12. The molecule has 0 fully saturated rings. The van der Waals surface area contributed by atoms with Crippen LogP contribution in [0.4, 0.5) is 17.6 Å². The molecule has 0 bridgehead atoms. The molecule has 0 unspecified atom stereocenters. The maximum Gasteiger partial charge on any atom is 0.280 e. The summed E-state index contributed by atoms with van der Waals surface area (Å²) in [5, 5.41) is 8.20. The lowest BCUT2D eigenvalue weighted by atomic mass is 10.1. The first-order valence-electron chi connectivity index (χ1n) is 8.75. The molecule has 3 rings (SSSR count). The van der Waals surface area contributed by atoms with Crippen LogP contribution in [0.3, 0.4) is 0 Å². The van der Waals surface area contributed by atoms with Crippen molar-refractivity contribution in [2.75, 3.05) is 7.05 Å². The summed E-state index contributed by atoms with van der Waals surface area (Å²) >= 11 is 0. The Morgan fingerprint density at radius 2 is 1.90 bits per heavy atom. The molecule has 0 atom stereocenters. The van der Waals surface area contributed by atoms with Crippen molar-refractivity contribution in [3.63, 3.8) is 0 Å². The van der Waals surface area contributed by atoms with E-state index in [-0.39, 0.29) is 35.7 Å². The van der Waals surface area contributed by atoms with Gasteiger partial charge in [0, 0.05) is 37.5 Å². The Bertz CT molecular complexity index is 1060. The minimum absolute atomic E-state index is 0.0112. The maximum atomic E-state index is 13.4. The van der Waals surface area contributed by atoms with Crippen LogP contribution >= 0.6 is 0 Å². The van der Waals surface area contributed by atoms with E-state index in [0.717, 1.165) is 15.9 Å². The minimum Gasteiger partial charge on any atom is -0.340 e. The highest BCUT2D eigenvalue weighted by molar-refractivity contribution is 5.84. The molecule has 0 aliphatic heterocycles. The fourth-order valence-corrected chi connectivity index (χ4v) is 3.09. The monoisotopic (exact) mass is 412 g/mol. The van der Waals surface area contributed by atoms with Crippen molar-refractivity contribution in [1.82, 2.24) is 29.4 Å². The van der Waals surface area contributed by atoms with Crippen molar-refractivity contribution in [2.45, 2.75) is 39.8 Å². The topological polar surface area (TPSA) is 68.8 Å². The van der Waals surface area contributed by atoms with E-state index >= 15 is 0 Å². The lowest BCUT2D eigenvalue weighted by Gasteiger charge is -2.17. The quantitative estimate of drug-likeness (QED) is 0.583. The highest BCUT2D eigenvalue weighted by atomic mass is 19.3. The fraction of sp³-hybridized carbons (Fsp3) is 0.444. The normalized spacial score (nSPS) is 11.8. The van der Waals surface area contributed by atoms with E-state index in [1.807, 2.05) is 6.92 Å². The zero-order valence-electron chi connectivity index (χ0n) is 16.3. The number of hydrogen-bond donors (Lipinski definition) is 0. The summed E-state index contributed by atoms with van der Waals surface area (Å²) in [7, 11) is 3.36. The van der Waals surface area contributed by atoms with Gasteiger partial charge >= 0.3 is 0 Å².